The predicted molar refractivity (Wildman–Crippen MR) is 93.8 cm³/mol. The molecule has 11 heteroatoms. The van der Waals surface area contributed by atoms with Crippen molar-refractivity contribution in [2.24, 2.45) is 0 Å². The summed E-state index contributed by atoms with van der Waals surface area (Å²) >= 11 is 0.788. The van der Waals surface area contributed by atoms with Crippen LogP contribution in [0.4, 0.5) is 9.59 Å². The highest BCUT2D eigenvalue weighted by molar-refractivity contribution is 8.13. The smallest absolute Gasteiger partial charge is 0.416 e. The Morgan fingerprint density at radius 1 is 1.37 bits per heavy atom. The fourth-order valence-corrected chi connectivity index (χ4v) is 3.59. The van der Waals surface area contributed by atoms with Gasteiger partial charge in [0.25, 0.3) is 0 Å². The number of rotatable bonds is 6. The van der Waals surface area contributed by atoms with E-state index in [9.17, 15) is 29.6 Å². The lowest BCUT2D eigenvalue weighted by atomic mass is 10.2. The third-order valence-electron chi connectivity index (χ3n) is 3.80. The Bertz CT molecular complexity index is 714. The maximum absolute atomic E-state index is 12.4. The topological polar surface area (TPSA) is 136 Å². The fourth-order valence-electron chi connectivity index (χ4n) is 2.62. The first-order valence-corrected chi connectivity index (χ1v) is 8.93. The van der Waals surface area contributed by atoms with Crippen LogP contribution in [-0.2, 0) is 14.3 Å². The zero-order valence-electron chi connectivity index (χ0n) is 14.3. The third kappa shape index (κ3) is 5.33. The first-order valence-electron chi connectivity index (χ1n) is 8.05. The summed E-state index contributed by atoms with van der Waals surface area (Å²) in [5.74, 6) is -1.28. The number of nitro groups is 1. The summed E-state index contributed by atoms with van der Waals surface area (Å²) in [6, 6.07) is 6.38. The summed E-state index contributed by atoms with van der Waals surface area (Å²) in [7, 11) is 0. The predicted octanol–water partition coefficient (Wildman–Crippen LogP) is 2.52. The molecule has 1 unspecified atom stereocenters. The molecule has 1 aromatic carbocycles. The van der Waals surface area contributed by atoms with E-state index in [1.807, 2.05) is 0 Å². The van der Waals surface area contributed by atoms with Gasteiger partial charge in [-0.15, -0.1) is 0 Å². The number of hydrogen-bond acceptors (Lipinski definition) is 8. The highest BCUT2D eigenvalue weighted by Gasteiger charge is 2.43. The van der Waals surface area contributed by atoms with Gasteiger partial charge in [0.05, 0.1) is 17.1 Å². The first-order chi connectivity index (χ1) is 12.8. The second-order valence-corrected chi connectivity index (χ2v) is 6.83. The Hall–Kier alpha value is -2.82. The summed E-state index contributed by atoms with van der Waals surface area (Å²) in [4.78, 5) is 46.8. The number of amides is 1. The Labute approximate surface area is 158 Å². The van der Waals surface area contributed by atoms with Crippen LogP contribution in [0.1, 0.15) is 25.1 Å². The average Bonchev–Trinajstić information content (AvgIpc) is 3.04. The first kappa shape index (κ1) is 20.5. The Balaban J connectivity index is 2.11. The van der Waals surface area contributed by atoms with Crippen LogP contribution in [0, 0.1) is 10.1 Å². The molecule has 0 spiro atoms. The minimum Gasteiger partial charge on any atom is -0.480 e. The van der Waals surface area contributed by atoms with Crippen molar-refractivity contribution in [3.8, 4) is 0 Å². The van der Waals surface area contributed by atoms with Gasteiger partial charge in [-0.1, -0.05) is 18.2 Å². The fraction of sp³-hybridized carbons (Fsp3) is 0.438. The van der Waals surface area contributed by atoms with Gasteiger partial charge in [-0.2, -0.15) is 0 Å². The molecular weight excluding hydrogens is 380 g/mol. The van der Waals surface area contributed by atoms with Crippen molar-refractivity contribution in [2.45, 2.75) is 30.9 Å². The molecule has 146 valence electrons. The minimum absolute atomic E-state index is 0.00236. The number of hydrogen-bond donors (Lipinski definition) is 1. The Kier molecular flexibility index (Phi) is 6.99. The van der Waals surface area contributed by atoms with E-state index in [0.29, 0.717) is 0 Å². The van der Waals surface area contributed by atoms with Gasteiger partial charge < -0.3 is 14.6 Å². The zero-order chi connectivity index (χ0) is 20.0. The summed E-state index contributed by atoms with van der Waals surface area (Å²) in [5, 5.41) is 19.5. The van der Waals surface area contributed by atoms with E-state index in [1.54, 1.807) is 25.1 Å². The molecule has 0 bridgehead atoms. The standard InChI is InChI=1S/C16H18N2O8S/c1-2-25-16(22)27-11-8-12(14(19)20)17(9-11)15(21)26-13(18(23)24)10-6-4-3-5-7-10/h3-7,11-13H,2,8-9H2,1H3,(H,19,20)/t11-,12-,13?/m0/s1. The van der Waals surface area contributed by atoms with Crippen molar-refractivity contribution in [1.29, 1.82) is 0 Å². The number of benzene rings is 1. The number of aliphatic carboxylic acids is 1. The van der Waals surface area contributed by atoms with Crippen LogP contribution < -0.4 is 0 Å². The van der Waals surface area contributed by atoms with Crippen molar-refractivity contribution < 1.29 is 33.9 Å². The SMILES string of the molecule is CCOC(=O)S[C@H]1C[C@@H](C(=O)O)N(C(=O)OC(c2ccccc2)[N+](=O)[O-])C1. The minimum atomic E-state index is -1.76. The van der Waals surface area contributed by atoms with Crippen molar-refractivity contribution in [3.05, 3.63) is 46.0 Å². The maximum Gasteiger partial charge on any atom is 0.416 e. The monoisotopic (exact) mass is 398 g/mol. The van der Waals surface area contributed by atoms with E-state index in [0.717, 1.165) is 16.7 Å². The second-order valence-electron chi connectivity index (χ2n) is 5.60. The highest BCUT2D eigenvalue weighted by Crippen LogP contribution is 2.30. The molecule has 1 amide bonds. The Morgan fingerprint density at radius 2 is 2.04 bits per heavy atom. The lowest BCUT2D eigenvalue weighted by Crippen LogP contribution is -2.41. The molecule has 1 saturated heterocycles. The van der Waals surface area contributed by atoms with Crippen LogP contribution in [-0.4, -0.2) is 56.7 Å². The number of thioether (sulfide) groups is 1. The molecule has 27 heavy (non-hydrogen) atoms. The van der Waals surface area contributed by atoms with Gasteiger partial charge in [0.1, 0.15) is 6.04 Å². The van der Waals surface area contributed by atoms with Crippen LogP contribution in [0.5, 0.6) is 0 Å². The molecule has 0 radical (unpaired) electrons. The van der Waals surface area contributed by atoms with Gasteiger partial charge in [-0.3, -0.25) is 15.0 Å². The number of likely N-dealkylation sites (tertiary alicyclic amines) is 1. The zero-order valence-corrected chi connectivity index (χ0v) is 15.2. The summed E-state index contributed by atoms with van der Waals surface area (Å²) < 4.78 is 9.76. The van der Waals surface area contributed by atoms with E-state index >= 15 is 0 Å². The largest absolute Gasteiger partial charge is 0.480 e. The molecule has 0 aliphatic carbocycles. The summed E-state index contributed by atoms with van der Waals surface area (Å²) in [6.07, 6.45) is -2.88. The van der Waals surface area contributed by atoms with Gasteiger partial charge in [0, 0.05) is 11.8 Å². The van der Waals surface area contributed by atoms with Crippen LogP contribution in [0.15, 0.2) is 30.3 Å². The number of carbonyl (C=O) groups excluding carboxylic acids is 2. The lowest BCUT2D eigenvalue weighted by molar-refractivity contribution is -0.575. The number of carbonyl (C=O) groups is 3. The van der Waals surface area contributed by atoms with Gasteiger partial charge in [0.15, 0.2) is 0 Å². The second kappa shape index (κ2) is 9.21. The molecule has 1 aliphatic rings. The third-order valence-corrected chi connectivity index (χ3v) is 4.78. The van der Waals surface area contributed by atoms with E-state index in [4.69, 9.17) is 9.47 Å². The van der Waals surface area contributed by atoms with Crippen LogP contribution >= 0.6 is 11.8 Å². The molecule has 1 aliphatic heterocycles. The van der Waals surface area contributed by atoms with Crippen molar-refractivity contribution in [1.82, 2.24) is 4.90 Å². The molecular formula is C16H18N2O8S. The number of nitrogens with zero attached hydrogens (tertiary/aromatic N) is 2. The van der Waals surface area contributed by atoms with Gasteiger partial charge in [0.2, 0.25) is 0 Å². The summed E-state index contributed by atoms with van der Waals surface area (Å²) in [6.45, 7) is 1.71. The van der Waals surface area contributed by atoms with E-state index in [-0.39, 0.29) is 25.1 Å². The van der Waals surface area contributed by atoms with Gasteiger partial charge in [-0.25, -0.2) is 14.4 Å². The summed E-state index contributed by atoms with van der Waals surface area (Å²) in [5.41, 5.74) is 0.152. The number of carboxylic acid groups (broad SMARTS) is 1. The quantitative estimate of drug-likeness (QED) is 0.332. The van der Waals surface area contributed by atoms with Crippen molar-refractivity contribution in [2.75, 3.05) is 13.2 Å². The molecule has 3 atom stereocenters. The molecule has 2 rings (SSSR count). The molecule has 0 aromatic heterocycles. The molecule has 0 saturated carbocycles. The van der Waals surface area contributed by atoms with Gasteiger partial charge in [-0.05, 0) is 37.2 Å². The maximum atomic E-state index is 12.4. The van der Waals surface area contributed by atoms with Crippen LogP contribution in [0.3, 0.4) is 0 Å². The van der Waals surface area contributed by atoms with Crippen molar-refractivity contribution >= 4 is 29.1 Å². The van der Waals surface area contributed by atoms with Gasteiger partial charge >= 0.3 is 23.6 Å². The van der Waals surface area contributed by atoms with Crippen LogP contribution in [0.2, 0.25) is 0 Å². The number of ether oxygens (including phenoxy) is 2. The highest BCUT2D eigenvalue weighted by atomic mass is 32.2. The average molecular weight is 398 g/mol. The lowest BCUT2D eigenvalue weighted by Gasteiger charge is -2.21. The number of carboxylic acids is 1. The molecule has 1 aromatic rings. The molecule has 10 nitrogen and oxygen atoms in total. The van der Waals surface area contributed by atoms with Crippen molar-refractivity contribution in [3.63, 3.8) is 0 Å². The molecule has 1 heterocycles. The Morgan fingerprint density at radius 3 is 2.59 bits per heavy atom. The van der Waals surface area contributed by atoms with E-state index in [1.165, 1.54) is 12.1 Å². The molecule has 1 fully saturated rings. The normalized spacial score (nSPS) is 20.0. The van der Waals surface area contributed by atoms with Crippen LogP contribution in [0.25, 0.3) is 0 Å². The van der Waals surface area contributed by atoms with E-state index in [2.05, 4.69) is 0 Å². The van der Waals surface area contributed by atoms with E-state index < -0.39 is 39.8 Å². The molecule has 1 N–H and O–H groups in total.